The molecule has 1 aliphatic rings. The van der Waals surface area contributed by atoms with Gasteiger partial charge in [-0.1, -0.05) is 0 Å². The quantitative estimate of drug-likeness (QED) is 0.545. The molecule has 1 aliphatic heterocycles. The van der Waals surface area contributed by atoms with Gasteiger partial charge in [0.25, 0.3) is 5.91 Å². The Kier molecular flexibility index (Phi) is 6.68. The maximum atomic E-state index is 13.5. The van der Waals surface area contributed by atoms with E-state index >= 15 is 0 Å². The molecule has 1 aromatic carbocycles. The minimum Gasteiger partial charge on any atom is -0.478 e. The summed E-state index contributed by atoms with van der Waals surface area (Å²) in [4.78, 5) is 11.9. The van der Waals surface area contributed by atoms with E-state index in [9.17, 15) is 13.6 Å². The number of hydrogen-bond acceptors (Lipinski definition) is 4. The van der Waals surface area contributed by atoms with E-state index in [0.29, 0.717) is 12.6 Å². The number of rotatable bonds is 5. The lowest BCUT2D eigenvalue weighted by molar-refractivity contribution is -0.127. The standard InChI is InChI=1S/C15H19F2N3O3S/c1-9(23-13-5-4-10(16)7-12(13)17)14(21)19-20-15(24)18-8-11-3-2-6-22-11/h4-5,7,9,11H,2-3,6,8H2,1H3,(H,19,21)(H2,18,20,24)/t9-,11+/m0/s1. The van der Waals surface area contributed by atoms with Crippen LogP contribution < -0.4 is 20.9 Å². The van der Waals surface area contributed by atoms with Crippen molar-refractivity contribution in [3.8, 4) is 5.75 Å². The minimum atomic E-state index is -1.00. The largest absolute Gasteiger partial charge is 0.478 e. The zero-order chi connectivity index (χ0) is 17.5. The fourth-order valence-electron chi connectivity index (χ4n) is 2.09. The van der Waals surface area contributed by atoms with Crippen LogP contribution in [0.4, 0.5) is 8.78 Å². The van der Waals surface area contributed by atoms with Crippen LogP contribution in [0.3, 0.4) is 0 Å². The van der Waals surface area contributed by atoms with Crippen LogP contribution in [-0.4, -0.2) is 36.4 Å². The van der Waals surface area contributed by atoms with E-state index in [0.717, 1.165) is 31.6 Å². The number of carbonyl (C=O) groups excluding carboxylic acids is 1. The average molecular weight is 359 g/mol. The molecule has 1 fully saturated rings. The van der Waals surface area contributed by atoms with Crippen molar-refractivity contribution in [2.45, 2.75) is 32.0 Å². The van der Waals surface area contributed by atoms with E-state index in [-0.39, 0.29) is 17.0 Å². The lowest BCUT2D eigenvalue weighted by atomic mass is 10.2. The Balaban J connectivity index is 1.71. The van der Waals surface area contributed by atoms with Gasteiger partial charge in [-0.2, -0.15) is 0 Å². The zero-order valence-corrected chi connectivity index (χ0v) is 13.9. The summed E-state index contributed by atoms with van der Waals surface area (Å²) in [6, 6.07) is 2.85. The third-order valence-electron chi connectivity index (χ3n) is 3.38. The second-order valence-corrected chi connectivity index (χ2v) is 5.70. The van der Waals surface area contributed by atoms with Gasteiger partial charge < -0.3 is 14.8 Å². The zero-order valence-electron chi connectivity index (χ0n) is 13.1. The highest BCUT2D eigenvalue weighted by molar-refractivity contribution is 7.80. The van der Waals surface area contributed by atoms with Crippen LogP contribution in [0.2, 0.25) is 0 Å². The van der Waals surface area contributed by atoms with Gasteiger partial charge in [-0.3, -0.25) is 15.6 Å². The maximum absolute atomic E-state index is 13.5. The average Bonchev–Trinajstić information content (AvgIpc) is 3.06. The summed E-state index contributed by atoms with van der Waals surface area (Å²) in [6.45, 7) is 2.73. The van der Waals surface area contributed by atoms with Gasteiger partial charge in [0.1, 0.15) is 5.82 Å². The Hall–Kier alpha value is -2.00. The van der Waals surface area contributed by atoms with Crippen molar-refractivity contribution in [1.29, 1.82) is 0 Å². The fraction of sp³-hybridized carbons (Fsp3) is 0.467. The molecule has 0 aliphatic carbocycles. The molecule has 132 valence electrons. The number of thiocarbonyl (C=S) groups is 1. The lowest BCUT2D eigenvalue weighted by Crippen LogP contribution is -2.51. The second-order valence-electron chi connectivity index (χ2n) is 5.29. The van der Waals surface area contributed by atoms with Crippen LogP contribution in [0, 0.1) is 11.6 Å². The van der Waals surface area contributed by atoms with E-state index in [1.165, 1.54) is 6.92 Å². The first-order valence-electron chi connectivity index (χ1n) is 7.52. The Bertz CT molecular complexity index is 597. The van der Waals surface area contributed by atoms with Crippen molar-refractivity contribution < 1.29 is 23.0 Å². The SMILES string of the molecule is C[C@H](Oc1ccc(F)cc1F)C(=O)NNC(=S)NC[C@H]1CCCO1. The van der Waals surface area contributed by atoms with Gasteiger partial charge in [0.2, 0.25) is 0 Å². The van der Waals surface area contributed by atoms with Crippen molar-refractivity contribution in [3.63, 3.8) is 0 Å². The Morgan fingerprint density at radius 2 is 2.25 bits per heavy atom. The minimum absolute atomic E-state index is 0.115. The molecule has 2 atom stereocenters. The van der Waals surface area contributed by atoms with Crippen LogP contribution in [-0.2, 0) is 9.53 Å². The molecule has 1 heterocycles. The second kappa shape index (κ2) is 8.74. The summed E-state index contributed by atoms with van der Waals surface area (Å²) < 4.78 is 36.9. The van der Waals surface area contributed by atoms with Crippen LogP contribution >= 0.6 is 12.2 Å². The number of benzene rings is 1. The lowest BCUT2D eigenvalue weighted by Gasteiger charge is -2.17. The number of hydrazine groups is 1. The molecule has 0 saturated carbocycles. The Morgan fingerprint density at radius 3 is 2.92 bits per heavy atom. The van der Waals surface area contributed by atoms with E-state index in [2.05, 4.69) is 16.2 Å². The van der Waals surface area contributed by atoms with Crippen LogP contribution in [0.15, 0.2) is 18.2 Å². The summed E-state index contributed by atoms with van der Waals surface area (Å²) >= 11 is 5.02. The predicted molar refractivity (Wildman–Crippen MR) is 87.3 cm³/mol. The van der Waals surface area contributed by atoms with E-state index in [1.807, 2.05) is 0 Å². The third kappa shape index (κ3) is 5.57. The number of carbonyl (C=O) groups is 1. The molecule has 0 unspecified atom stereocenters. The predicted octanol–water partition coefficient (Wildman–Crippen LogP) is 1.41. The van der Waals surface area contributed by atoms with E-state index in [4.69, 9.17) is 21.7 Å². The summed E-state index contributed by atoms with van der Waals surface area (Å²) in [7, 11) is 0. The Morgan fingerprint density at radius 1 is 1.46 bits per heavy atom. The van der Waals surface area contributed by atoms with Crippen molar-refractivity contribution in [1.82, 2.24) is 16.2 Å². The maximum Gasteiger partial charge on any atom is 0.279 e. The molecule has 3 N–H and O–H groups in total. The molecule has 0 radical (unpaired) electrons. The van der Waals surface area contributed by atoms with Crippen LogP contribution in [0.1, 0.15) is 19.8 Å². The summed E-state index contributed by atoms with van der Waals surface area (Å²) in [5.74, 6) is -2.37. The number of halogens is 2. The monoisotopic (exact) mass is 359 g/mol. The Labute approximate surface area is 143 Å². The molecule has 6 nitrogen and oxygen atoms in total. The number of ether oxygens (including phenoxy) is 2. The van der Waals surface area contributed by atoms with Gasteiger partial charge in [-0.05, 0) is 44.1 Å². The van der Waals surface area contributed by atoms with Crippen molar-refractivity contribution >= 4 is 23.2 Å². The smallest absolute Gasteiger partial charge is 0.279 e. The first kappa shape index (κ1) is 18.3. The molecule has 1 saturated heterocycles. The first-order chi connectivity index (χ1) is 11.5. The molecular formula is C15H19F2N3O3S. The third-order valence-corrected chi connectivity index (χ3v) is 3.63. The number of nitrogens with one attached hydrogen (secondary N) is 3. The number of hydrogen-bond donors (Lipinski definition) is 3. The highest BCUT2D eigenvalue weighted by atomic mass is 32.1. The fourth-order valence-corrected chi connectivity index (χ4v) is 2.23. The highest BCUT2D eigenvalue weighted by Gasteiger charge is 2.18. The summed E-state index contributed by atoms with van der Waals surface area (Å²) in [5, 5.41) is 3.16. The van der Waals surface area contributed by atoms with Crippen molar-refractivity contribution in [2.75, 3.05) is 13.2 Å². The molecule has 1 aromatic rings. The van der Waals surface area contributed by atoms with Gasteiger partial charge in [-0.15, -0.1) is 0 Å². The molecule has 24 heavy (non-hydrogen) atoms. The molecule has 9 heteroatoms. The van der Waals surface area contributed by atoms with Gasteiger partial charge in [-0.25, -0.2) is 8.78 Å². The molecule has 0 aromatic heterocycles. The number of amides is 1. The summed E-state index contributed by atoms with van der Waals surface area (Å²) in [6.07, 6.45) is 1.11. The van der Waals surface area contributed by atoms with E-state index in [1.54, 1.807) is 0 Å². The molecule has 0 bridgehead atoms. The van der Waals surface area contributed by atoms with Crippen molar-refractivity contribution in [2.24, 2.45) is 0 Å². The first-order valence-corrected chi connectivity index (χ1v) is 7.93. The topological polar surface area (TPSA) is 71.6 Å². The van der Waals surface area contributed by atoms with Crippen molar-refractivity contribution in [3.05, 3.63) is 29.8 Å². The van der Waals surface area contributed by atoms with E-state index < -0.39 is 23.6 Å². The molecule has 1 amide bonds. The molecule has 0 spiro atoms. The molecule has 2 rings (SSSR count). The van der Waals surface area contributed by atoms with Crippen LogP contribution in [0.5, 0.6) is 5.75 Å². The highest BCUT2D eigenvalue weighted by Crippen LogP contribution is 2.18. The normalized spacial score (nSPS) is 17.9. The van der Waals surface area contributed by atoms with Gasteiger partial charge in [0.05, 0.1) is 6.10 Å². The van der Waals surface area contributed by atoms with Gasteiger partial charge in [0.15, 0.2) is 22.8 Å². The van der Waals surface area contributed by atoms with Gasteiger partial charge >= 0.3 is 0 Å². The van der Waals surface area contributed by atoms with Gasteiger partial charge in [0, 0.05) is 19.2 Å². The molecular weight excluding hydrogens is 340 g/mol. The van der Waals surface area contributed by atoms with Crippen LogP contribution in [0.25, 0.3) is 0 Å². The summed E-state index contributed by atoms with van der Waals surface area (Å²) in [5.41, 5.74) is 4.88.